The SMILES string of the molecule is BC1(B)C(c2nsnc2OC(F)(F)CCCCC)=CCCN1C. The van der Waals surface area contributed by atoms with Crippen molar-refractivity contribution in [2.45, 2.75) is 50.5 Å². The highest BCUT2D eigenvalue weighted by Crippen LogP contribution is 2.37. The number of ether oxygens (including phenoxy) is 1. The van der Waals surface area contributed by atoms with Crippen molar-refractivity contribution in [1.82, 2.24) is 13.6 Å². The van der Waals surface area contributed by atoms with Gasteiger partial charge in [0.25, 0.3) is 5.88 Å². The van der Waals surface area contributed by atoms with Crippen LogP contribution >= 0.6 is 11.7 Å². The van der Waals surface area contributed by atoms with Crippen molar-refractivity contribution in [3.8, 4) is 5.88 Å². The topological polar surface area (TPSA) is 38.3 Å². The molecule has 0 aromatic carbocycles. The number of unbranched alkanes of at least 4 members (excludes halogenated alkanes) is 2. The highest BCUT2D eigenvalue weighted by Gasteiger charge is 2.38. The molecule has 0 spiro atoms. The van der Waals surface area contributed by atoms with Crippen LogP contribution in [0.4, 0.5) is 8.78 Å². The minimum absolute atomic E-state index is 0.0499. The maximum absolute atomic E-state index is 14.0. The van der Waals surface area contributed by atoms with Gasteiger partial charge in [0.2, 0.25) is 0 Å². The maximum atomic E-state index is 14.0. The van der Waals surface area contributed by atoms with E-state index in [9.17, 15) is 8.78 Å². The fourth-order valence-corrected chi connectivity index (χ4v) is 3.21. The van der Waals surface area contributed by atoms with Crippen LogP contribution in [0, 0.1) is 0 Å². The molecule has 1 aromatic rings. The second-order valence-corrected chi connectivity index (χ2v) is 7.03. The van der Waals surface area contributed by atoms with E-state index >= 15 is 0 Å². The van der Waals surface area contributed by atoms with Crippen LogP contribution in [0.2, 0.25) is 0 Å². The summed E-state index contributed by atoms with van der Waals surface area (Å²) in [6, 6.07) is 0. The zero-order chi connectivity index (χ0) is 17.1. The van der Waals surface area contributed by atoms with Gasteiger partial charge in [-0.1, -0.05) is 25.8 Å². The van der Waals surface area contributed by atoms with Crippen LogP contribution in [0.1, 0.15) is 44.7 Å². The Kier molecular flexibility index (Phi) is 5.84. The highest BCUT2D eigenvalue weighted by atomic mass is 32.1. The molecule has 126 valence electrons. The first-order chi connectivity index (χ1) is 10.8. The van der Waals surface area contributed by atoms with Crippen LogP contribution < -0.4 is 4.74 Å². The molecule has 0 amide bonds. The van der Waals surface area contributed by atoms with E-state index in [1.54, 1.807) is 0 Å². The van der Waals surface area contributed by atoms with E-state index in [0.29, 0.717) is 12.1 Å². The molecule has 2 rings (SSSR count). The quantitative estimate of drug-likeness (QED) is 0.559. The van der Waals surface area contributed by atoms with Crippen molar-refractivity contribution in [1.29, 1.82) is 0 Å². The first-order valence-corrected chi connectivity index (χ1v) is 8.82. The van der Waals surface area contributed by atoms with Crippen LogP contribution in [0.15, 0.2) is 6.08 Å². The molecule has 0 N–H and O–H groups in total. The van der Waals surface area contributed by atoms with E-state index in [-0.39, 0.29) is 17.6 Å². The monoisotopic (exact) mass is 341 g/mol. The van der Waals surface area contributed by atoms with Crippen molar-refractivity contribution < 1.29 is 13.5 Å². The molecule has 23 heavy (non-hydrogen) atoms. The number of hydrogen-bond donors (Lipinski definition) is 0. The van der Waals surface area contributed by atoms with Crippen molar-refractivity contribution in [3.05, 3.63) is 11.8 Å². The fourth-order valence-electron chi connectivity index (χ4n) is 2.71. The van der Waals surface area contributed by atoms with E-state index < -0.39 is 6.11 Å². The van der Waals surface area contributed by atoms with Gasteiger partial charge in [-0.05, 0) is 30.8 Å². The van der Waals surface area contributed by atoms with Crippen LogP contribution in [0.25, 0.3) is 5.57 Å². The number of hydrogen-bond acceptors (Lipinski definition) is 5. The molecule has 2 heterocycles. The zero-order valence-electron chi connectivity index (χ0n) is 14.2. The number of likely N-dealkylation sites (N-methyl/N-ethyl adjacent to an activating group) is 1. The Morgan fingerprint density at radius 1 is 1.39 bits per heavy atom. The molecule has 1 aromatic heterocycles. The molecule has 0 fully saturated rings. The zero-order valence-corrected chi connectivity index (χ0v) is 15.1. The van der Waals surface area contributed by atoms with Crippen LogP contribution in [-0.4, -0.2) is 54.4 Å². The van der Waals surface area contributed by atoms with Gasteiger partial charge in [-0.2, -0.15) is 13.2 Å². The summed E-state index contributed by atoms with van der Waals surface area (Å²) in [6.07, 6.45) is 1.52. The third kappa shape index (κ3) is 4.32. The average molecular weight is 341 g/mol. The average Bonchev–Trinajstić information content (AvgIpc) is 2.89. The summed E-state index contributed by atoms with van der Waals surface area (Å²) in [7, 11) is 6.13. The minimum Gasteiger partial charge on any atom is -0.411 e. The summed E-state index contributed by atoms with van der Waals surface area (Å²) in [4.78, 5) is 2.19. The minimum atomic E-state index is -3.20. The summed E-state index contributed by atoms with van der Waals surface area (Å²) in [5.41, 5.74) is 1.35. The lowest BCUT2D eigenvalue weighted by atomic mass is 9.55. The van der Waals surface area contributed by atoms with Gasteiger partial charge in [0.1, 0.15) is 21.4 Å². The Balaban J connectivity index is 2.18. The van der Waals surface area contributed by atoms with Gasteiger partial charge < -0.3 is 9.64 Å². The molecule has 0 atom stereocenters. The lowest BCUT2D eigenvalue weighted by Crippen LogP contribution is -2.51. The van der Waals surface area contributed by atoms with Crippen LogP contribution in [0.5, 0.6) is 5.88 Å². The lowest BCUT2D eigenvalue weighted by Gasteiger charge is -2.41. The van der Waals surface area contributed by atoms with Crippen molar-refractivity contribution in [2.24, 2.45) is 0 Å². The standard InChI is InChI=1S/C14H23B2F2N3OS/c1-3-4-5-8-13(17,18)22-12-11(19-23-20-12)10-7-6-9-21(2)14(10,15)16/h7H,3-6,8-9,15-16H2,1-2H3. The third-order valence-electron chi connectivity index (χ3n) is 4.46. The van der Waals surface area contributed by atoms with Gasteiger partial charge >= 0.3 is 6.11 Å². The third-order valence-corrected chi connectivity index (χ3v) is 4.97. The number of rotatable bonds is 7. The second kappa shape index (κ2) is 7.30. The first kappa shape index (κ1) is 18.4. The van der Waals surface area contributed by atoms with E-state index in [4.69, 9.17) is 4.74 Å². The Morgan fingerprint density at radius 3 is 2.83 bits per heavy atom. The molecule has 0 saturated carbocycles. The molecular weight excluding hydrogens is 318 g/mol. The molecular formula is C14H23B2F2N3OS. The summed E-state index contributed by atoms with van der Waals surface area (Å²) in [6.45, 7) is 2.91. The van der Waals surface area contributed by atoms with Crippen LogP contribution in [-0.2, 0) is 0 Å². The normalized spacial score (nSPS) is 18.7. The van der Waals surface area contributed by atoms with Gasteiger partial charge in [0.05, 0.1) is 18.1 Å². The summed E-state index contributed by atoms with van der Waals surface area (Å²) in [5.74, 6) is -0.0499. The Bertz CT molecular complexity index is 566. The maximum Gasteiger partial charge on any atom is 0.399 e. The van der Waals surface area contributed by atoms with E-state index in [1.807, 2.05) is 14.0 Å². The highest BCUT2D eigenvalue weighted by molar-refractivity contribution is 6.99. The van der Waals surface area contributed by atoms with Gasteiger partial charge in [0, 0.05) is 6.54 Å². The Morgan fingerprint density at radius 2 is 2.13 bits per heavy atom. The molecule has 0 bridgehead atoms. The molecule has 0 unspecified atom stereocenters. The van der Waals surface area contributed by atoms with Crippen LogP contribution in [0.3, 0.4) is 0 Å². The molecule has 0 radical (unpaired) electrons. The summed E-state index contributed by atoms with van der Waals surface area (Å²) >= 11 is 0.913. The Labute approximate surface area is 142 Å². The predicted molar refractivity (Wildman–Crippen MR) is 94.7 cm³/mol. The molecule has 4 nitrogen and oxygen atoms in total. The predicted octanol–water partition coefficient (Wildman–Crippen LogP) is 1.73. The van der Waals surface area contributed by atoms with Gasteiger partial charge in [-0.25, -0.2) is 0 Å². The number of nitrogens with zero attached hydrogens (tertiary/aromatic N) is 3. The fraction of sp³-hybridized carbons (Fsp3) is 0.714. The van der Waals surface area contributed by atoms with Gasteiger partial charge in [-0.3, -0.25) is 0 Å². The van der Waals surface area contributed by atoms with Crippen molar-refractivity contribution in [2.75, 3.05) is 13.6 Å². The van der Waals surface area contributed by atoms with Gasteiger partial charge in [0.15, 0.2) is 0 Å². The van der Waals surface area contributed by atoms with Gasteiger partial charge in [-0.15, -0.1) is 4.37 Å². The summed E-state index contributed by atoms with van der Waals surface area (Å²) < 4.78 is 41.2. The van der Waals surface area contributed by atoms with E-state index in [2.05, 4.69) is 35.4 Å². The number of halogens is 2. The van der Waals surface area contributed by atoms with E-state index in [1.165, 1.54) is 0 Å². The van der Waals surface area contributed by atoms with Crippen molar-refractivity contribution >= 4 is 33.0 Å². The van der Waals surface area contributed by atoms with E-state index in [0.717, 1.165) is 43.1 Å². The largest absolute Gasteiger partial charge is 0.411 e. The molecule has 1 aliphatic rings. The Hall–Kier alpha value is -0.950. The smallest absolute Gasteiger partial charge is 0.399 e. The second-order valence-electron chi connectivity index (χ2n) is 6.50. The molecule has 0 saturated heterocycles. The summed E-state index contributed by atoms with van der Waals surface area (Å²) in [5, 5.41) is -0.288. The number of alkyl halides is 2. The van der Waals surface area contributed by atoms with Crippen molar-refractivity contribution in [3.63, 3.8) is 0 Å². The lowest BCUT2D eigenvalue weighted by molar-refractivity contribution is -0.183. The molecule has 0 aliphatic carbocycles. The first-order valence-electron chi connectivity index (χ1n) is 8.09. The number of aromatic nitrogens is 2. The molecule has 1 aliphatic heterocycles. The molecule has 9 heteroatoms.